The van der Waals surface area contributed by atoms with E-state index in [1.54, 1.807) is 0 Å². The summed E-state index contributed by atoms with van der Waals surface area (Å²) in [4.78, 5) is 13.6. The molecule has 0 aliphatic carbocycles. The van der Waals surface area contributed by atoms with E-state index in [1.165, 1.54) is 19.3 Å². The minimum Gasteiger partial charge on any atom is -0.466 e. The summed E-state index contributed by atoms with van der Waals surface area (Å²) in [6, 6.07) is 3.73. The van der Waals surface area contributed by atoms with Gasteiger partial charge in [0, 0.05) is 31.5 Å². The molecule has 0 aromatic rings. The highest BCUT2D eigenvalue weighted by Crippen LogP contribution is 2.29. The summed E-state index contributed by atoms with van der Waals surface area (Å²) in [5.41, 5.74) is 0. The Balaban J connectivity index is 2.52. The van der Waals surface area contributed by atoms with Gasteiger partial charge in [0.15, 0.2) is 0 Å². The lowest BCUT2D eigenvalue weighted by Crippen LogP contribution is -2.40. The van der Waals surface area contributed by atoms with Crippen LogP contribution >= 0.6 is 0 Å². The molecule has 2 unspecified atom stereocenters. The zero-order valence-corrected chi connectivity index (χ0v) is 12.7. The van der Waals surface area contributed by atoms with Crippen molar-refractivity contribution in [3.8, 4) is 12.0 Å². The molecule has 1 aliphatic rings. The zero-order chi connectivity index (χ0) is 14.3. The molecule has 1 rings (SSSR count). The van der Waals surface area contributed by atoms with Gasteiger partial charge in [-0.1, -0.05) is 32.6 Å². The van der Waals surface area contributed by atoms with Crippen LogP contribution in [-0.2, 0) is 9.53 Å². The van der Waals surface area contributed by atoms with Crippen LogP contribution in [0.1, 0.15) is 52.9 Å². The van der Waals surface area contributed by atoms with Gasteiger partial charge in [0.05, 0.1) is 6.61 Å². The molecule has 0 radical (unpaired) electrons. The largest absolute Gasteiger partial charge is 0.466 e. The molecule has 0 spiro atoms. The number of ether oxygens (including phenoxy) is 1. The number of rotatable bonds is 7. The molecule has 3 nitrogen and oxygen atoms in total. The topological polar surface area (TPSA) is 29.5 Å². The predicted molar refractivity (Wildman–Crippen MR) is 77.4 cm³/mol. The Labute approximate surface area is 117 Å². The SMILES string of the molecule is CCCCC1C(C)[C@@H](CCC(=O)OCC)C#CN1C. The molecule has 3 atom stereocenters. The summed E-state index contributed by atoms with van der Waals surface area (Å²) in [6.45, 7) is 6.79. The second-order valence-electron chi connectivity index (χ2n) is 5.39. The van der Waals surface area contributed by atoms with E-state index in [4.69, 9.17) is 4.74 Å². The van der Waals surface area contributed by atoms with E-state index in [0.717, 1.165) is 6.42 Å². The van der Waals surface area contributed by atoms with Crippen molar-refractivity contribution in [3.63, 3.8) is 0 Å². The monoisotopic (exact) mass is 265 g/mol. The molecule has 0 amide bonds. The number of hydrogen-bond donors (Lipinski definition) is 0. The number of esters is 1. The lowest BCUT2D eigenvalue weighted by molar-refractivity contribution is -0.143. The van der Waals surface area contributed by atoms with E-state index in [1.807, 2.05) is 6.92 Å². The van der Waals surface area contributed by atoms with Gasteiger partial charge < -0.3 is 9.64 Å². The highest BCUT2D eigenvalue weighted by molar-refractivity contribution is 5.69. The number of nitrogens with zero attached hydrogens (tertiary/aromatic N) is 1. The third-order valence-corrected chi connectivity index (χ3v) is 3.98. The van der Waals surface area contributed by atoms with Gasteiger partial charge in [0.1, 0.15) is 0 Å². The smallest absolute Gasteiger partial charge is 0.305 e. The van der Waals surface area contributed by atoms with E-state index in [0.29, 0.717) is 30.9 Å². The van der Waals surface area contributed by atoms with Crippen molar-refractivity contribution in [2.45, 2.75) is 58.9 Å². The van der Waals surface area contributed by atoms with Crippen molar-refractivity contribution in [3.05, 3.63) is 0 Å². The van der Waals surface area contributed by atoms with Crippen LogP contribution in [0, 0.1) is 23.8 Å². The molecular formula is C16H27NO2. The van der Waals surface area contributed by atoms with Crippen molar-refractivity contribution >= 4 is 5.97 Å². The Morgan fingerprint density at radius 1 is 1.32 bits per heavy atom. The lowest BCUT2D eigenvalue weighted by Gasteiger charge is -2.36. The number of carbonyl (C=O) groups is 1. The first-order valence-corrected chi connectivity index (χ1v) is 7.49. The van der Waals surface area contributed by atoms with Gasteiger partial charge in [-0.3, -0.25) is 4.79 Å². The first kappa shape index (κ1) is 15.9. The van der Waals surface area contributed by atoms with Gasteiger partial charge in [0.2, 0.25) is 0 Å². The minimum absolute atomic E-state index is 0.0967. The van der Waals surface area contributed by atoms with Crippen molar-refractivity contribution in [2.24, 2.45) is 11.8 Å². The molecule has 19 heavy (non-hydrogen) atoms. The molecule has 108 valence electrons. The molecule has 0 fully saturated rings. The second kappa shape index (κ2) is 8.09. The number of hydrogen-bond acceptors (Lipinski definition) is 3. The van der Waals surface area contributed by atoms with Gasteiger partial charge in [0.25, 0.3) is 0 Å². The minimum atomic E-state index is -0.0967. The molecule has 0 aromatic carbocycles. The fourth-order valence-electron chi connectivity index (χ4n) is 2.73. The Morgan fingerprint density at radius 2 is 2.05 bits per heavy atom. The molecule has 0 saturated carbocycles. The second-order valence-corrected chi connectivity index (χ2v) is 5.39. The van der Waals surface area contributed by atoms with Crippen LogP contribution in [0.5, 0.6) is 0 Å². The summed E-state index contributed by atoms with van der Waals surface area (Å²) in [6.07, 6.45) is 4.97. The standard InChI is InChI=1S/C16H27NO2/c1-5-7-8-15-13(3)14(11-12-17(15)4)9-10-16(18)19-6-2/h13-15H,5-10H2,1-4H3/t13?,14-,15?/m0/s1. The summed E-state index contributed by atoms with van der Waals surface area (Å²) in [5, 5.41) is 0. The highest BCUT2D eigenvalue weighted by Gasteiger charge is 2.29. The van der Waals surface area contributed by atoms with Crippen LogP contribution in [0.25, 0.3) is 0 Å². The van der Waals surface area contributed by atoms with Crippen LogP contribution in [-0.4, -0.2) is 30.6 Å². The molecule has 1 heterocycles. The maximum Gasteiger partial charge on any atom is 0.305 e. The zero-order valence-electron chi connectivity index (χ0n) is 12.7. The Kier molecular flexibility index (Phi) is 6.77. The van der Waals surface area contributed by atoms with E-state index in [-0.39, 0.29) is 5.97 Å². The van der Waals surface area contributed by atoms with E-state index in [2.05, 4.69) is 37.8 Å². The molecule has 3 heteroatoms. The normalized spacial score (nSPS) is 25.7. The lowest BCUT2D eigenvalue weighted by atomic mass is 9.81. The van der Waals surface area contributed by atoms with Gasteiger partial charge >= 0.3 is 5.97 Å². The summed E-state index contributed by atoms with van der Waals surface area (Å²) >= 11 is 0. The van der Waals surface area contributed by atoms with Gasteiger partial charge in [-0.2, -0.15) is 0 Å². The van der Waals surface area contributed by atoms with Crippen molar-refractivity contribution in [2.75, 3.05) is 13.7 Å². The molecule has 1 aliphatic heterocycles. The van der Waals surface area contributed by atoms with E-state index < -0.39 is 0 Å². The maximum absolute atomic E-state index is 11.4. The molecule has 0 N–H and O–H groups in total. The van der Waals surface area contributed by atoms with Crippen LogP contribution in [0.3, 0.4) is 0 Å². The van der Waals surface area contributed by atoms with Crippen LogP contribution < -0.4 is 0 Å². The van der Waals surface area contributed by atoms with Crippen molar-refractivity contribution < 1.29 is 9.53 Å². The van der Waals surface area contributed by atoms with E-state index >= 15 is 0 Å². The van der Waals surface area contributed by atoms with Crippen LogP contribution in [0.15, 0.2) is 0 Å². The van der Waals surface area contributed by atoms with Crippen molar-refractivity contribution in [1.29, 1.82) is 0 Å². The average Bonchev–Trinajstić information content (AvgIpc) is 2.38. The Morgan fingerprint density at radius 3 is 2.68 bits per heavy atom. The summed E-state index contributed by atoms with van der Waals surface area (Å²) in [5.74, 6) is 4.04. The fraction of sp³-hybridized carbons (Fsp3) is 0.812. The first-order valence-electron chi connectivity index (χ1n) is 7.49. The quantitative estimate of drug-likeness (QED) is 0.523. The maximum atomic E-state index is 11.4. The Bertz CT molecular complexity index is 342. The third kappa shape index (κ3) is 4.78. The Hall–Kier alpha value is -1.17. The van der Waals surface area contributed by atoms with Gasteiger partial charge in [-0.15, -0.1) is 0 Å². The molecule has 0 aromatic heterocycles. The predicted octanol–water partition coefficient (Wildman–Crippen LogP) is 3.05. The fourth-order valence-corrected chi connectivity index (χ4v) is 2.73. The number of carbonyl (C=O) groups excluding carboxylic acids is 1. The molecule has 0 bridgehead atoms. The van der Waals surface area contributed by atoms with E-state index in [9.17, 15) is 4.79 Å². The molecular weight excluding hydrogens is 238 g/mol. The summed E-state index contributed by atoms with van der Waals surface area (Å²) in [7, 11) is 2.07. The molecule has 0 saturated heterocycles. The summed E-state index contributed by atoms with van der Waals surface area (Å²) < 4.78 is 4.98. The van der Waals surface area contributed by atoms with Crippen LogP contribution in [0.4, 0.5) is 0 Å². The van der Waals surface area contributed by atoms with Gasteiger partial charge in [-0.05, 0) is 25.7 Å². The van der Waals surface area contributed by atoms with Gasteiger partial charge in [-0.25, -0.2) is 0 Å². The van der Waals surface area contributed by atoms with Crippen molar-refractivity contribution in [1.82, 2.24) is 4.90 Å². The highest BCUT2D eigenvalue weighted by atomic mass is 16.5. The third-order valence-electron chi connectivity index (χ3n) is 3.98. The van der Waals surface area contributed by atoms with Crippen LogP contribution in [0.2, 0.25) is 0 Å². The first-order chi connectivity index (χ1) is 9.10. The number of unbranched alkanes of at least 4 members (excludes halogenated alkanes) is 1. The average molecular weight is 265 g/mol.